The summed E-state index contributed by atoms with van der Waals surface area (Å²) in [6, 6.07) is 2.46. The van der Waals surface area contributed by atoms with Crippen molar-refractivity contribution < 1.29 is 18.0 Å². The normalized spacial score (nSPS) is 17.1. The molecular weight excluding hydrogens is 283 g/mol. The van der Waals surface area contributed by atoms with Crippen molar-refractivity contribution in [2.75, 3.05) is 11.1 Å². The van der Waals surface area contributed by atoms with Gasteiger partial charge in [-0.05, 0) is 25.0 Å². The van der Waals surface area contributed by atoms with Crippen LogP contribution in [0.4, 0.5) is 24.5 Å². The zero-order valence-corrected chi connectivity index (χ0v) is 10.4. The van der Waals surface area contributed by atoms with Gasteiger partial charge < -0.3 is 16.8 Å². The van der Waals surface area contributed by atoms with Gasteiger partial charge >= 0.3 is 6.18 Å². The molecule has 1 aromatic rings. The summed E-state index contributed by atoms with van der Waals surface area (Å²) in [5, 5.41) is 2.24. The van der Waals surface area contributed by atoms with Crippen molar-refractivity contribution >= 4 is 28.9 Å². The predicted octanol–water partition coefficient (Wildman–Crippen LogP) is 2.53. The predicted molar refractivity (Wildman–Crippen MR) is 66.0 cm³/mol. The highest BCUT2D eigenvalue weighted by molar-refractivity contribution is 6.34. The number of benzene rings is 1. The maximum absolute atomic E-state index is 12.9. The van der Waals surface area contributed by atoms with Gasteiger partial charge in [0.05, 0.1) is 16.3 Å². The highest BCUT2D eigenvalue weighted by atomic mass is 35.5. The third-order valence-corrected chi connectivity index (χ3v) is 3.33. The first-order valence-electron chi connectivity index (χ1n) is 5.40. The Balaban J connectivity index is 2.44. The number of hydrogen-bond acceptors (Lipinski definition) is 3. The van der Waals surface area contributed by atoms with Gasteiger partial charge in [-0.25, -0.2) is 0 Å². The number of rotatable bonds is 3. The van der Waals surface area contributed by atoms with E-state index in [-0.39, 0.29) is 34.8 Å². The standard InChI is InChI=1S/C11H11ClF3N3O/c12-7-4-5(16)3-6(9(17)19)8(7)18-10(1-2-10)11(13,14)15/h3-4,18H,1-2,16H2,(H2,17,19). The molecule has 1 fully saturated rings. The Kier molecular flexibility index (Phi) is 3.04. The minimum absolute atomic E-state index is 0.0654. The number of anilines is 2. The van der Waals surface area contributed by atoms with Crippen LogP contribution in [0.3, 0.4) is 0 Å². The molecule has 0 aromatic heterocycles. The van der Waals surface area contributed by atoms with Gasteiger partial charge in [0.25, 0.3) is 5.91 Å². The van der Waals surface area contributed by atoms with Gasteiger partial charge in [-0.2, -0.15) is 13.2 Å². The van der Waals surface area contributed by atoms with Gasteiger partial charge in [0.2, 0.25) is 0 Å². The molecule has 1 saturated carbocycles. The Morgan fingerprint density at radius 3 is 2.37 bits per heavy atom. The van der Waals surface area contributed by atoms with E-state index in [4.69, 9.17) is 23.1 Å². The van der Waals surface area contributed by atoms with Crippen molar-refractivity contribution in [1.82, 2.24) is 0 Å². The fraction of sp³-hybridized carbons (Fsp3) is 0.364. The van der Waals surface area contributed by atoms with Crippen molar-refractivity contribution in [1.29, 1.82) is 0 Å². The second kappa shape index (κ2) is 4.19. The summed E-state index contributed by atoms with van der Waals surface area (Å²) in [4.78, 5) is 11.3. The van der Waals surface area contributed by atoms with Crippen LogP contribution in [0.5, 0.6) is 0 Å². The Morgan fingerprint density at radius 1 is 1.37 bits per heavy atom. The topological polar surface area (TPSA) is 81.1 Å². The molecule has 1 aliphatic rings. The van der Waals surface area contributed by atoms with Crippen LogP contribution in [0.2, 0.25) is 5.02 Å². The summed E-state index contributed by atoms with van der Waals surface area (Å²) in [6.07, 6.45) is -4.57. The van der Waals surface area contributed by atoms with Crippen LogP contribution in [0.25, 0.3) is 0 Å². The van der Waals surface area contributed by atoms with Crippen LogP contribution >= 0.6 is 11.6 Å². The van der Waals surface area contributed by atoms with Crippen LogP contribution in [0.15, 0.2) is 12.1 Å². The molecule has 0 saturated heterocycles. The van der Waals surface area contributed by atoms with Crippen molar-refractivity contribution in [3.05, 3.63) is 22.7 Å². The summed E-state index contributed by atoms with van der Waals surface area (Å²) in [7, 11) is 0. The average molecular weight is 294 g/mol. The molecule has 0 atom stereocenters. The van der Waals surface area contributed by atoms with Crippen molar-refractivity contribution in [2.45, 2.75) is 24.6 Å². The fourth-order valence-electron chi connectivity index (χ4n) is 1.79. The smallest absolute Gasteiger partial charge is 0.399 e. The van der Waals surface area contributed by atoms with E-state index >= 15 is 0 Å². The van der Waals surface area contributed by atoms with Crippen molar-refractivity contribution in [3.63, 3.8) is 0 Å². The molecule has 8 heteroatoms. The molecule has 0 aliphatic heterocycles. The number of carbonyl (C=O) groups is 1. The zero-order valence-electron chi connectivity index (χ0n) is 9.64. The summed E-state index contributed by atoms with van der Waals surface area (Å²) >= 11 is 5.85. The second-order valence-electron chi connectivity index (χ2n) is 4.49. The maximum atomic E-state index is 12.9. The lowest BCUT2D eigenvalue weighted by Gasteiger charge is -2.24. The molecule has 0 heterocycles. The SMILES string of the molecule is NC(=O)c1cc(N)cc(Cl)c1NC1(C(F)(F)F)CC1. The number of halogens is 4. The first kappa shape index (κ1) is 13.8. The molecule has 1 aromatic carbocycles. The molecular formula is C11H11ClF3N3O. The van der Waals surface area contributed by atoms with Gasteiger partial charge in [-0.15, -0.1) is 0 Å². The molecule has 0 unspecified atom stereocenters. The lowest BCUT2D eigenvalue weighted by molar-refractivity contribution is -0.151. The second-order valence-corrected chi connectivity index (χ2v) is 4.90. The molecule has 2 rings (SSSR count). The number of nitrogen functional groups attached to an aromatic ring is 1. The molecule has 0 spiro atoms. The Labute approximate surface area is 111 Å². The van der Waals surface area contributed by atoms with Gasteiger partial charge in [0.15, 0.2) is 0 Å². The van der Waals surface area contributed by atoms with Crippen LogP contribution < -0.4 is 16.8 Å². The van der Waals surface area contributed by atoms with Crippen molar-refractivity contribution in [3.8, 4) is 0 Å². The Bertz CT molecular complexity index is 541. The lowest BCUT2D eigenvalue weighted by atomic mass is 10.1. The Morgan fingerprint density at radius 2 is 1.95 bits per heavy atom. The van der Waals surface area contributed by atoms with Crippen LogP contribution in [0, 0.1) is 0 Å². The number of nitrogens with two attached hydrogens (primary N) is 2. The molecule has 4 nitrogen and oxygen atoms in total. The van der Waals surface area contributed by atoms with E-state index in [1.165, 1.54) is 12.1 Å². The quantitative estimate of drug-likeness (QED) is 0.749. The molecule has 1 aliphatic carbocycles. The first-order chi connectivity index (χ1) is 8.66. The van der Waals surface area contributed by atoms with E-state index in [0.717, 1.165) is 0 Å². The number of carbonyl (C=O) groups excluding carboxylic acids is 1. The lowest BCUT2D eigenvalue weighted by Crippen LogP contribution is -2.39. The van der Waals surface area contributed by atoms with Gasteiger partial charge in [-0.3, -0.25) is 4.79 Å². The number of primary amides is 1. The third-order valence-electron chi connectivity index (χ3n) is 3.03. The third kappa shape index (κ3) is 2.42. The highest BCUT2D eigenvalue weighted by Gasteiger charge is 2.63. The van der Waals surface area contributed by atoms with E-state index in [0.29, 0.717) is 0 Å². The van der Waals surface area contributed by atoms with Crippen LogP contribution in [-0.4, -0.2) is 17.6 Å². The van der Waals surface area contributed by atoms with E-state index < -0.39 is 17.6 Å². The molecule has 19 heavy (non-hydrogen) atoms. The molecule has 5 N–H and O–H groups in total. The number of nitrogens with one attached hydrogen (secondary N) is 1. The number of alkyl halides is 3. The van der Waals surface area contributed by atoms with Gasteiger partial charge in [0.1, 0.15) is 5.54 Å². The highest BCUT2D eigenvalue weighted by Crippen LogP contribution is 2.52. The molecule has 104 valence electrons. The number of hydrogen-bond donors (Lipinski definition) is 3. The Hall–Kier alpha value is -1.63. The molecule has 0 radical (unpaired) electrons. The van der Waals surface area contributed by atoms with E-state index in [9.17, 15) is 18.0 Å². The fourth-order valence-corrected chi connectivity index (χ4v) is 2.07. The zero-order chi connectivity index (χ0) is 14.4. The largest absolute Gasteiger partial charge is 0.411 e. The van der Waals surface area contributed by atoms with Crippen molar-refractivity contribution in [2.24, 2.45) is 5.73 Å². The molecule has 1 amide bonds. The van der Waals surface area contributed by atoms with E-state index in [2.05, 4.69) is 5.32 Å². The van der Waals surface area contributed by atoms with Crippen LogP contribution in [0.1, 0.15) is 23.2 Å². The minimum Gasteiger partial charge on any atom is -0.399 e. The summed E-state index contributed by atoms with van der Waals surface area (Å²) < 4.78 is 38.6. The molecule has 0 bridgehead atoms. The first-order valence-corrected chi connectivity index (χ1v) is 5.78. The van der Waals surface area contributed by atoms with E-state index in [1.807, 2.05) is 0 Å². The van der Waals surface area contributed by atoms with E-state index in [1.54, 1.807) is 0 Å². The summed E-state index contributed by atoms with van der Waals surface area (Å²) in [5.74, 6) is -0.894. The number of amides is 1. The summed E-state index contributed by atoms with van der Waals surface area (Å²) in [5.41, 5.74) is 8.46. The average Bonchev–Trinajstić information content (AvgIpc) is 3.01. The van der Waals surface area contributed by atoms with Gasteiger partial charge in [-0.1, -0.05) is 11.6 Å². The van der Waals surface area contributed by atoms with Crippen LogP contribution in [-0.2, 0) is 0 Å². The minimum atomic E-state index is -4.42. The van der Waals surface area contributed by atoms with Gasteiger partial charge in [0, 0.05) is 5.69 Å². The monoisotopic (exact) mass is 293 g/mol. The maximum Gasteiger partial charge on any atom is 0.411 e. The summed E-state index contributed by atoms with van der Waals surface area (Å²) in [6.45, 7) is 0.